The van der Waals surface area contributed by atoms with Gasteiger partial charge in [-0.05, 0) is 97.5 Å². The minimum atomic E-state index is -0.919. The van der Waals surface area contributed by atoms with E-state index in [1.54, 1.807) is 60.7 Å². The van der Waals surface area contributed by atoms with E-state index in [-0.39, 0.29) is 43.4 Å². The number of hydrogen-bond donors (Lipinski definition) is 0. The molecule has 2 unspecified atom stereocenters. The van der Waals surface area contributed by atoms with Crippen molar-refractivity contribution in [2.24, 2.45) is 0 Å². The number of nitrogens with zero attached hydrogens (tertiary/aromatic N) is 2. The minimum Gasteiger partial charge on any atom is -0.494 e. The second-order valence-electron chi connectivity index (χ2n) is 13.7. The molecular weight excluding hydrogens is 817 g/mol. The average molecular weight is 861 g/mol. The fraction of sp³-hybridized carbons (Fsp3) is 0.298. The first-order valence-electron chi connectivity index (χ1n) is 19.8. The summed E-state index contributed by atoms with van der Waals surface area (Å²) in [6, 6.07) is 21.2. The number of ether oxygens (including phenoxy) is 9. The first-order chi connectivity index (χ1) is 30.6. The van der Waals surface area contributed by atoms with Crippen LogP contribution in [0.15, 0.2) is 109 Å². The smallest absolute Gasteiger partial charge is 0.349 e. The van der Waals surface area contributed by atoms with Gasteiger partial charge in [-0.15, -0.1) is 0 Å². The van der Waals surface area contributed by atoms with Crippen molar-refractivity contribution < 1.29 is 66.6 Å². The zero-order valence-electron chi connectivity index (χ0n) is 34.1. The second-order valence-corrected chi connectivity index (χ2v) is 13.7. The van der Waals surface area contributed by atoms with Crippen molar-refractivity contribution >= 4 is 42.0 Å². The fourth-order valence-corrected chi connectivity index (χ4v) is 6.03. The quantitative estimate of drug-likeness (QED) is 0.0211. The van der Waals surface area contributed by atoms with E-state index in [0.717, 1.165) is 12.2 Å². The Balaban J connectivity index is 1.05. The molecule has 2 aliphatic heterocycles. The predicted molar refractivity (Wildman–Crippen MR) is 223 cm³/mol. The molecule has 0 spiro atoms. The Morgan fingerprint density at radius 3 is 1.62 bits per heavy atom. The third-order valence-corrected chi connectivity index (χ3v) is 9.26. The Kier molecular flexibility index (Phi) is 17.8. The maximum absolute atomic E-state index is 13.1. The molecule has 0 aliphatic carbocycles. The van der Waals surface area contributed by atoms with Gasteiger partial charge in [-0.1, -0.05) is 37.4 Å². The van der Waals surface area contributed by atoms with Crippen LogP contribution in [0, 0.1) is 17.9 Å². The van der Waals surface area contributed by atoms with Gasteiger partial charge in [-0.2, -0.15) is 5.26 Å². The van der Waals surface area contributed by atoms with E-state index < -0.39 is 54.3 Å². The second kappa shape index (κ2) is 24.0. The molecule has 0 aromatic heterocycles. The number of hydrogen-bond acceptors (Lipinski definition) is 15. The van der Waals surface area contributed by atoms with Crippen LogP contribution in [0.1, 0.15) is 47.2 Å². The predicted octanol–water partition coefficient (Wildman–Crippen LogP) is 6.17. The highest BCUT2D eigenvalue weighted by molar-refractivity contribution is 5.98. The van der Waals surface area contributed by atoms with Crippen molar-refractivity contribution in [3.63, 3.8) is 0 Å². The number of carbonyl (C=O) groups excluding carboxylic acids is 5. The van der Waals surface area contributed by atoms with E-state index >= 15 is 0 Å². The van der Waals surface area contributed by atoms with E-state index in [1.807, 2.05) is 6.07 Å². The topological polar surface area (TPSA) is 197 Å². The summed E-state index contributed by atoms with van der Waals surface area (Å²) in [4.78, 5) is 64.3. The Morgan fingerprint density at radius 2 is 1.13 bits per heavy atom. The van der Waals surface area contributed by atoms with Gasteiger partial charge in [0.2, 0.25) is 0 Å². The molecule has 2 saturated heterocycles. The van der Waals surface area contributed by atoms with Gasteiger partial charge in [-0.25, -0.2) is 24.0 Å². The zero-order valence-corrected chi connectivity index (χ0v) is 34.1. The summed E-state index contributed by atoms with van der Waals surface area (Å²) < 4.78 is 49.4. The van der Waals surface area contributed by atoms with Crippen molar-refractivity contribution in [1.82, 2.24) is 0 Å². The van der Waals surface area contributed by atoms with Crippen LogP contribution >= 0.6 is 0 Å². The highest BCUT2D eigenvalue weighted by atomic mass is 16.7. The third-order valence-electron chi connectivity index (χ3n) is 9.26. The maximum atomic E-state index is 13.1. The molecule has 2 fully saturated rings. The van der Waals surface area contributed by atoms with E-state index in [9.17, 15) is 29.2 Å². The molecule has 0 bridgehead atoms. The molecule has 3 aromatic rings. The van der Waals surface area contributed by atoms with Crippen molar-refractivity contribution in [3.8, 4) is 23.3 Å². The van der Waals surface area contributed by atoms with E-state index in [1.165, 1.54) is 24.3 Å². The largest absolute Gasteiger partial charge is 0.494 e. The molecule has 0 radical (unpaired) electrons. The lowest BCUT2D eigenvalue weighted by atomic mass is 10.1. The van der Waals surface area contributed by atoms with Gasteiger partial charge in [0.25, 0.3) is 5.70 Å². The SMILES string of the molecule is [C-]#[N+]/C(=C\c1ccc(OC(=O)c2ccc(OCCCCOC(=O)C=C)cc2)cc1)C(=O)O[C@H]1COC2C1OC[C@H]2OC(=O)/C(C#N)=C/c1ccc(OCCCCOC(=O)C=C)cc1. The third kappa shape index (κ3) is 14.3. The van der Waals surface area contributed by atoms with Crippen molar-refractivity contribution in [2.45, 2.75) is 50.1 Å². The number of fused-ring (bicyclic) bond motifs is 1. The summed E-state index contributed by atoms with van der Waals surface area (Å²) in [5, 5.41) is 9.72. The molecule has 326 valence electrons. The lowest BCUT2D eigenvalue weighted by molar-refractivity contribution is -0.150. The Bertz CT molecular complexity index is 2250. The number of carbonyl (C=O) groups is 5. The van der Waals surface area contributed by atoms with Crippen LogP contribution in [-0.2, 0) is 47.6 Å². The van der Waals surface area contributed by atoms with E-state index in [2.05, 4.69) is 18.0 Å². The number of rotatable bonds is 22. The number of unbranched alkanes of at least 4 members (excludes halogenated alkanes) is 2. The summed E-state index contributed by atoms with van der Waals surface area (Å²) in [5.74, 6) is -1.98. The van der Waals surface area contributed by atoms with Crippen molar-refractivity contribution in [1.29, 1.82) is 5.26 Å². The number of benzene rings is 3. The molecule has 63 heavy (non-hydrogen) atoms. The first kappa shape index (κ1) is 46.5. The minimum absolute atomic E-state index is 0.0715. The Labute approximate surface area is 363 Å². The standard InChI is InChI=1S/C47H44N2O14/c1-4-41(50)57-24-8-6-22-55-35-16-10-31(11-17-35)26-34(28-48)46(53)62-39-29-59-44-40(30-60-43(39)44)63-47(54)38(49-3)27-32-12-18-37(19-13-32)61-45(52)33-14-20-36(21-15-33)56-23-7-9-25-58-42(51)5-2/h4-5,10-21,26-27,39-40,43-44H,1-2,6-9,22-25,29-30H2/b34-26+,38-27-/t39-,40+,43?,44?/m1/s1. The van der Waals surface area contributed by atoms with Crippen LogP contribution in [-0.4, -0.2) is 93.9 Å². The summed E-state index contributed by atoms with van der Waals surface area (Å²) in [7, 11) is 0. The summed E-state index contributed by atoms with van der Waals surface area (Å²) in [6.07, 6.45) is 4.13. The van der Waals surface area contributed by atoms with Gasteiger partial charge in [0, 0.05) is 12.2 Å². The Morgan fingerprint density at radius 1 is 0.667 bits per heavy atom. The molecular formula is C47H44N2O14. The fourth-order valence-electron chi connectivity index (χ4n) is 6.03. The molecule has 0 saturated carbocycles. The molecule has 0 N–H and O–H groups in total. The van der Waals surface area contributed by atoms with Crippen LogP contribution in [0.3, 0.4) is 0 Å². The first-order valence-corrected chi connectivity index (χ1v) is 19.8. The van der Waals surface area contributed by atoms with E-state index in [0.29, 0.717) is 67.1 Å². The number of nitriles is 1. The average Bonchev–Trinajstić information content (AvgIpc) is 3.90. The summed E-state index contributed by atoms with van der Waals surface area (Å²) in [5.41, 5.74) is 0.730. The molecule has 16 heteroatoms. The summed E-state index contributed by atoms with van der Waals surface area (Å²) >= 11 is 0. The monoisotopic (exact) mass is 860 g/mol. The van der Waals surface area contributed by atoms with Gasteiger partial charge in [-0.3, -0.25) is 4.79 Å². The maximum Gasteiger partial charge on any atom is 0.349 e. The summed E-state index contributed by atoms with van der Waals surface area (Å²) in [6.45, 7) is 15.5. The Hall–Kier alpha value is -7.53. The zero-order chi connectivity index (χ0) is 45.0. The van der Waals surface area contributed by atoms with E-state index in [4.69, 9.17) is 49.2 Å². The normalized spacial score (nSPS) is 17.7. The van der Waals surface area contributed by atoms with Crippen molar-refractivity contribution in [2.75, 3.05) is 39.6 Å². The van der Waals surface area contributed by atoms with Crippen LogP contribution in [0.2, 0.25) is 0 Å². The van der Waals surface area contributed by atoms with Crippen LogP contribution < -0.4 is 14.2 Å². The van der Waals surface area contributed by atoms with Gasteiger partial charge in [0.1, 0.15) is 41.1 Å². The number of esters is 5. The van der Waals surface area contributed by atoms with Gasteiger partial charge in [0.05, 0.1) is 51.8 Å². The van der Waals surface area contributed by atoms with Crippen LogP contribution in [0.5, 0.6) is 17.2 Å². The molecule has 16 nitrogen and oxygen atoms in total. The highest BCUT2D eigenvalue weighted by Crippen LogP contribution is 2.32. The van der Waals surface area contributed by atoms with Crippen LogP contribution in [0.25, 0.3) is 17.0 Å². The lowest BCUT2D eigenvalue weighted by Gasteiger charge is -2.17. The van der Waals surface area contributed by atoms with Gasteiger partial charge < -0.3 is 42.6 Å². The molecule has 2 heterocycles. The van der Waals surface area contributed by atoms with Crippen molar-refractivity contribution in [3.05, 3.63) is 137 Å². The molecule has 2 aliphatic rings. The van der Waals surface area contributed by atoms with Gasteiger partial charge in [0.15, 0.2) is 12.2 Å². The molecule has 3 aromatic carbocycles. The van der Waals surface area contributed by atoms with Crippen LogP contribution in [0.4, 0.5) is 0 Å². The highest BCUT2D eigenvalue weighted by Gasteiger charge is 2.51. The molecule has 0 amide bonds. The van der Waals surface area contributed by atoms with Gasteiger partial charge >= 0.3 is 29.8 Å². The molecule has 5 rings (SSSR count). The molecule has 4 atom stereocenters. The lowest BCUT2D eigenvalue weighted by Crippen LogP contribution is -2.36.